The first kappa shape index (κ1) is 25.9. The number of hydrogen-bond acceptors (Lipinski definition) is 6. The molecule has 0 unspecified atom stereocenters. The van der Waals surface area contributed by atoms with Crippen molar-refractivity contribution in [2.24, 2.45) is 0 Å². The number of nitrogens with zero attached hydrogens (tertiary/aromatic N) is 5. The summed E-state index contributed by atoms with van der Waals surface area (Å²) in [6.07, 6.45) is 2.45. The zero-order chi connectivity index (χ0) is 26.9. The van der Waals surface area contributed by atoms with Gasteiger partial charge in [0.25, 0.3) is 5.56 Å². The molecule has 0 aliphatic rings. The summed E-state index contributed by atoms with van der Waals surface area (Å²) in [5, 5.41) is 14.5. The topological polar surface area (TPSA) is 92.8 Å². The lowest BCUT2D eigenvalue weighted by molar-refractivity contribution is 0.168. The van der Waals surface area contributed by atoms with Crippen molar-refractivity contribution in [1.29, 1.82) is 0 Å². The molecule has 5 aromatic rings. The minimum Gasteiger partial charge on any atom is -0.468 e. The van der Waals surface area contributed by atoms with Gasteiger partial charge < -0.3 is 9.40 Å². The largest absolute Gasteiger partial charge is 0.468 e. The van der Waals surface area contributed by atoms with Crippen LogP contribution in [0.4, 0.5) is 0 Å². The minimum absolute atomic E-state index is 0.196. The van der Waals surface area contributed by atoms with Gasteiger partial charge in [-0.1, -0.05) is 48.4 Å². The average Bonchev–Trinajstić information content (AvgIpc) is 3.59. The van der Waals surface area contributed by atoms with Gasteiger partial charge in [0.2, 0.25) is 0 Å². The van der Waals surface area contributed by atoms with Gasteiger partial charge in [-0.05, 0) is 85.0 Å². The molecule has 8 nitrogen and oxygen atoms in total. The maximum Gasteiger partial charge on any atom is 0.253 e. The second-order valence-corrected chi connectivity index (χ2v) is 10.6. The number of rotatable bonds is 9. The van der Waals surface area contributed by atoms with Crippen molar-refractivity contribution in [2.75, 3.05) is 0 Å². The smallest absolute Gasteiger partial charge is 0.253 e. The van der Waals surface area contributed by atoms with Crippen LogP contribution >= 0.6 is 11.6 Å². The SMILES string of the molecule is CCC(C)(C)n1nnnc1[C@@H](c1cc2cc(C)ccc2[nH]c1=O)N(Cc1ccco1)Cc1ccccc1Cl. The highest BCUT2D eigenvalue weighted by Gasteiger charge is 2.35. The molecule has 196 valence electrons. The summed E-state index contributed by atoms with van der Waals surface area (Å²) in [5.41, 5.74) is 2.78. The molecule has 0 saturated heterocycles. The van der Waals surface area contributed by atoms with Crippen LogP contribution < -0.4 is 5.56 Å². The van der Waals surface area contributed by atoms with Gasteiger partial charge in [0.15, 0.2) is 5.82 Å². The van der Waals surface area contributed by atoms with E-state index < -0.39 is 6.04 Å². The predicted molar refractivity (Wildman–Crippen MR) is 148 cm³/mol. The molecular weight excluding hydrogens is 500 g/mol. The Labute approximate surface area is 226 Å². The Morgan fingerprint density at radius 2 is 1.92 bits per heavy atom. The van der Waals surface area contributed by atoms with Gasteiger partial charge in [-0.15, -0.1) is 5.10 Å². The molecule has 0 fully saturated rings. The molecule has 0 bridgehead atoms. The van der Waals surface area contributed by atoms with E-state index in [9.17, 15) is 4.79 Å². The molecule has 5 rings (SSSR count). The van der Waals surface area contributed by atoms with Gasteiger partial charge in [-0.3, -0.25) is 9.69 Å². The number of aromatic nitrogens is 5. The second kappa shape index (κ2) is 10.6. The van der Waals surface area contributed by atoms with Crippen molar-refractivity contribution in [3.05, 3.63) is 111 Å². The van der Waals surface area contributed by atoms with Gasteiger partial charge in [-0.2, -0.15) is 0 Å². The molecule has 0 saturated carbocycles. The van der Waals surface area contributed by atoms with Crippen LogP contribution in [0.1, 0.15) is 61.5 Å². The van der Waals surface area contributed by atoms with Crippen LogP contribution in [0.2, 0.25) is 5.02 Å². The van der Waals surface area contributed by atoms with E-state index in [1.807, 2.05) is 66.2 Å². The Hall–Kier alpha value is -3.75. The van der Waals surface area contributed by atoms with Gasteiger partial charge in [0.1, 0.15) is 11.8 Å². The van der Waals surface area contributed by atoms with Gasteiger partial charge in [0, 0.05) is 22.6 Å². The lowest BCUT2D eigenvalue weighted by Crippen LogP contribution is -2.38. The number of nitrogens with one attached hydrogen (secondary N) is 1. The van der Waals surface area contributed by atoms with Crippen molar-refractivity contribution in [3.8, 4) is 0 Å². The summed E-state index contributed by atoms with van der Waals surface area (Å²) < 4.78 is 7.58. The monoisotopic (exact) mass is 530 g/mol. The maximum absolute atomic E-state index is 13.7. The quantitative estimate of drug-likeness (QED) is 0.251. The number of aryl methyl sites for hydroxylation is 1. The third kappa shape index (κ3) is 5.14. The fraction of sp³-hybridized carbons (Fsp3) is 0.310. The van der Waals surface area contributed by atoms with E-state index in [1.165, 1.54) is 0 Å². The van der Waals surface area contributed by atoms with E-state index in [2.05, 4.69) is 52.2 Å². The third-order valence-corrected chi connectivity index (χ3v) is 7.50. The number of benzene rings is 2. The van der Waals surface area contributed by atoms with Crippen LogP contribution in [0.25, 0.3) is 10.9 Å². The van der Waals surface area contributed by atoms with Crippen molar-refractivity contribution < 1.29 is 4.42 Å². The summed E-state index contributed by atoms with van der Waals surface area (Å²) in [6, 6.07) is 18.8. The summed E-state index contributed by atoms with van der Waals surface area (Å²) in [6.45, 7) is 9.15. The molecule has 0 spiro atoms. The molecule has 1 N–H and O–H groups in total. The second-order valence-electron chi connectivity index (χ2n) is 10.2. The Bertz CT molecular complexity index is 1610. The minimum atomic E-state index is -0.592. The molecule has 9 heteroatoms. The number of tetrazole rings is 1. The molecule has 3 heterocycles. The van der Waals surface area contributed by atoms with Crippen molar-refractivity contribution in [2.45, 2.75) is 58.8 Å². The molecule has 0 aliphatic carbocycles. The Morgan fingerprint density at radius 1 is 1.11 bits per heavy atom. The fourth-order valence-electron chi connectivity index (χ4n) is 4.68. The molecule has 1 atom stereocenters. The van der Waals surface area contributed by atoms with E-state index >= 15 is 0 Å². The first-order valence-corrected chi connectivity index (χ1v) is 13.1. The van der Waals surface area contributed by atoms with Crippen molar-refractivity contribution in [1.82, 2.24) is 30.1 Å². The zero-order valence-corrected chi connectivity index (χ0v) is 22.7. The molecule has 0 amide bonds. The van der Waals surface area contributed by atoms with Crippen LogP contribution in [-0.4, -0.2) is 30.1 Å². The normalized spacial score (nSPS) is 12.9. The fourth-order valence-corrected chi connectivity index (χ4v) is 4.87. The lowest BCUT2D eigenvalue weighted by Gasteiger charge is -2.33. The van der Waals surface area contributed by atoms with E-state index in [0.29, 0.717) is 29.5 Å². The van der Waals surface area contributed by atoms with Crippen LogP contribution in [-0.2, 0) is 18.6 Å². The molecule has 0 radical (unpaired) electrons. The third-order valence-electron chi connectivity index (χ3n) is 7.14. The molecular formula is C29H31ClN6O2. The highest BCUT2D eigenvalue weighted by Crippen LogP contribution is 2.33. The van der Waals surface area contributed by atoms with E-state index in [0.717, 1.165) is 34.2 Å². The van der Waals surface area contributed by atoms with E-state index in [-0.39, 0.29) is 11.1 Å². The van der Waals surface area contributed by atoms with Crippen LogP contribution in [0, 0.1) is 6.92 Å². The van der Waals surface area contributed by atoms with Crippen LogP contribution in [0.5, 0.6) is 0 Å². The van der Waals surface area contributed by atoms with Gasteiger partial charge in [0.05, 0.1) is 18.3 Å². The number of aromatic amines is 1. The zero-order valence-electron chi connectivity index (χ0n) is 22.0. The van der Waals surface area contributed by atoms with E-state index in [4.69, 9.17) is 16.0 Å². The van der Waals surface area contributed by atoms with Crippen LogP contribution in [0.15, 0.2) is 76.1 Å². The highest BCUT2D eigenvalue weighted by atomic mass is 35.5. The number of furan rings is 1. The summed E-state index contributed by atoms with van der Waals surface area (Å²) in [7, 11) is 0. The Balaban J connectivity index is 1.75. The summed E-state index contributed by atoms with van der Waals surface area (Å²) in [5.74, 6) is 1.33. The van der Waals surface area contributed by atoms with Crippen molar-refractivity contribution in [3.63, 3.8) is 0 Å². The molecule has 0 aliphatic heterocycles. The maximum atomic E-state index is 13.7. The van der Waals surface area contributed by atoms with E-state index in [1.54, 1.807) is 6.26 Å². The summed E-state index contributed by atoms with van der Waals surface area (Å²) in [4.78, 5) is 18.9. The number of H-pyrrole nitrogens is 1. The molecule has 3 aromatic heterocycles. The van der Waals surface area contributed by atoms with Crippen LogP contribution in [0.3, 0.4) is 0 Å². The standard InChI is InChI=1S/C29H31ClN6O2/c1-5-29(3,4)36-27(32-33-34-36)26(23-16-21-15-19(2)12-13-25(21)31-28(23)37)35(18-22-10-8-14-38-22)17-20-9-6-7-11-24(20)30/h6-16,26H,5,17-18H2,1-4H3,(H,31,37)/t26-/m1/s1. The summed E-state index contributed by atoms with van der Waals surface area (Å²) >= 11 is 6.62. The highest BCUT2D eigenvalue weighted by molar-refractivity contribution is 6.31. The molecule has 38 heavy (non-hydrogen) atoms. The first-order valence-electron chi connectivity index (χ1n) is 12.7. The molecule has 2 aromatic carbocycles. The first-order chi connectivity index (χ1) is 18.3. The predicted octanol–water partition coefficient (Wildman–Crippen LogP) is 6.01. The number of pyridine rings is 1. The van der Waals surface area contributed by atoms with Gasteiger partial charge in [-0.25, -0.2) is 4.68 Å². The Morgan fingerprint density at radius 3 is 2.66 bits per heavy atom. The lowest BCUT2D eigenvalue weighted by atomic mass is 9.98. The number of hydrogen-bond donors (Lipinski definition) is 1. The Kier molecular flexibility index (Phi) is 7.19. The number of fused-ring (bicyclic) bond motifs is 1. The van der Waals surface area contributed by atoms with Crippen molar-refractivity contribution >= 4 is 22.5 Å². The number of halogens is 1. The average molecular weight is 531 g/mol. The van der Waals surface area contributed by atoms with Gasteiger partial charge >= 0.3 is 0 Å².